The molecule has 0 saturated heterocycles. The monoisotopic (exact) mass is 189 g/mol. The third kappa shape index (κ3) is 2.44. The highest BCUT2D eigenvalue weighted by molar-refractivity contribution is 5.85. The number of rotatable bonds is 3. The van der Waals surface area contributed by atoms with Gasteiger partial charge in [-0.3, -0.25) is 4.99 Å². The van der Waals surface area contributed by atoms with Crippen LogP contribution in [0.15, 0.2) is 23.2 Å². The normalized spacial score (nSPS) is 11.9. The minimum atomic E-state index is 1.03. The first-order valence-electron chi connectivity index (χ1n) is 5.31. The van der Waals surface area contributed by atoms with Gasteiger partial charge in [0.25, 0.3) is 0 Å². The maximum Gasteiger partial charge on any atom is 0.0689 e. The third-order valence-corrected chi connectivity index (χ3v) is 2.52. The van der Waals surface area contributed by atoms with Crippen LogP contribution < -0.4 is 0 Å². The average Bonchev–Trinajstić information content (AvgIpc) is 2.20. The summed E-state index contributed by atoms with van der Waals surface area (Å²) in [7, 11) is 0. The summed E-state index contributed by atoms with van der Waals surface area (Å²) in [6, 6.07) is 6.39. The standard InChI is InChI=1S/C13H19N/c1-5-11(4)14-13-10(3)8-7-9-12(13)6-2/h7-9H,5-6H2,1-4H3. The van der Waals surface area contributed by atoms with Crippen LogP contribution in [0.4, 0.5) is 5.69 Å². The molecular formula is C13H19N. The van der Waals surface area contributed by atoms with Crippen molar-refractivity contribution in [2.24, 2.45) is 4.99 Å². The summed E-state index contributed by atoms with van der Waals surface area (Å²) in [4.78, 5) is 4.66. The van der Waals surface area contributed by atoms with Crippen LogP contribution in [0.3, 0.4) is 0 Å². The molecule has 0 aliphatic rings. The zero-order chi connectivity index (χ0) is 10.6. The number of aliphatic imine (C=N–C) groups is 1. The Hall–Kier alpha value is -1.11. The molecule has 0 saturated carbocycles. The predicted molar refractivity (Wildman–Crippen MR) is 63.6 cm³/mol. The molecule has 0 unspecified atom stereocenters. The van der Waals surface area contributed by atoms with Gasteiger partial charge in [0.05, 0.1) is 5.69 Å². The molecule has 0 heterocycles. The number of hydrogen-bond donors (Lipinski definition) is 0. The van der Waals surface area contributed by atoms with E-state index in [-0.39, 0.29) is 0 Å². The van der Waals surface area contributed by atoms with E-state index in [1.54, 1.807) is 0 Å². The van der Waals surface area contributed by atoms with Crippen molar-refractivity contribution in [2.75, 3.05) is 0 Å². The zero-order valence-electron chi connectivity index (χ0n) is 9.59. The third-order valence-electron chi connectivity index (χ3n) is 2.52. The summed E-state index contributed by atoms with van der Waals surface area (Å²) in [5, 5.41) is 0. The Bertz CT molecular complexity index is 337. The Labute approximate surface area is 86.9 Å². The lowest BCUT2D eigenvalue weighted by atomic mass is 10.1. The van der Waals surface area contributed by atoms with E-state index in [4.69, 9.17) is 0 Å². The molecule has 0 aromatic heterocycles. The summed E-state index contributed by atoms with van der Waals surface area (Å²) in [5.41, 5.74) is 5.00. The van der Waals surface area contributed by atoms with Gasteiger partial charge in [0, 0.05) is 5.71 Å². The fourth-order valence-corrected chi connectivity index (χ4v) is 1.43. The van der Waals surface area contributed by atoms with Gasteiger partial charge in [-0.25, -0.2) is 0 Å². The van der Waals surface area contributed by atoms with E-state index in [0.29, 0.717) is 0 Å². The molecule has 0 spiro atoms. The molecule has 0 radical (unpaired) electrons. The maximum atomic E-state index is 4.66. The second kappa shape index (κ2) is 4.94. The SMILES string of the molecule is CCC(C)=Nc1c(C)cccc1CC. The summed E-state index contributed by atoms with van der Waals surface area (Å²) < 4.78 is 0. The zero-order valence-corrected chi connectivity index (χ0v) is 9.59. The van der Waals surface area contributed by atoms with Crippen molar-refractivity contribution in [3.05, 3.63) is 29.3 Å². The number of benzene rings is 1. The van der Waals surface area contributed by atoms with Gasteiger partial charge < -0.3 is 0 Å². The van der Waals surface area contributed by atoms with E-state index in [9.17, 15) is 0 Å². The van der Waals surface area contributed by atoms with Crippen LogP contribution in [-0.2, 0) is 6.42 Å². The minimum Gasteiger partial charge on any atom is -0.258 e. The van der Waals surface area contributed by atoms with Crippen molar-refractivity contribution in [3.63, 3.8) is 0 Å². The molecule has 0 atom stereocenters. The molecular weight excluding hydrogens is 170 g/mol. The highest BCUT2D eigenvalue weighted by atomic mass is 14.7. The van der Waals surface area contributed by atoms with Crippen LogP contribution >= 0.6 is 0 Å². The summed E-state index contributed by atoms with van der Waals surface area (Å²) in [6.07, 6.45) is 2.08. The van der Waals surface area contributed by atoms with Crippen LogP contribution in [0, 0.1) is 6.92 Å². The number of nitrogens with zero attached hydrogens (tertiary/aromatic N) is 1. The van der Waals surface area contributed by atoms with E-state index >= 15 is 0 Å². The highest BCUT2D eigenvalue weighted by Gasteiger charge is 2.02. The smallest absolute Gasteiger partial charge is 0.0689 e. The van der Waals surface area contributed by atoms with Gasteiger partial charge in [0.15, 0.2) is 0 Å². The van der Waals surface area contributed by atoms with Gasteiger partial charge >= 0.3 is 0 Å². The molecule has 1 rings (SSSR count). The van der Waals surface area contributed by atoms with E-state index < -0.39 is 0 Å². The van der Waals surface area contributed by atoms with Gasteiger partial charge in [-0.15, -0.1) is 0 Å². The number of hydrogen-bond acceptors (Lipinski definition) is 1. The first-order valence-corrected chi connectivity index (χ1v) is 5.31. The Kier molecular flexibility index (Phi) is 3.87. The topological polar surface area (TPSA) is 12.4 Å². The van der Waals surface area contributed by atoms with Gasteiger partial charge in [-0.05, 0) is 37.8 Å². The average molecular weight is 189 g/mol. The lowest BCUT2D eigenvalue weighted by Gasteiger charge is -2.07. The summed E-state index contributed by atoms with van der Waals surface area (Å²) in [6.45, 7) is 8.53. The first-order chi connectivity index (χ1) is 6.69. The van der Waals surface area contributed by atoms with Crippen LogP contribution in [0.2, 0.25) is 0 Å². The second-order valence-corrected chi connectivity index (χ2v) is 3.64. The Morgan fingerprint density at radius 3 is 2.57 bits per heavy atom. The number of aryl methyl sites for hydroxylation is 2. The minimum absolute atomic E-state index is 1.03. The molecule has 1 aromatic rings. The molecule has 1 heteroatoms. The van der Waals surface area contributed by atoms with Crippen LogP contribution in [0.5, 0.6) is 0 Å². The van der Waals surface area contributed by atoms with Crippen molar-refractivity contribution in [2.45, 2.75) is 40.5 Å². The molecule has 0 bridgehead atoms. The van der Waals surface area contributed by atoms with Crippen molar-refractivity contribution in [3.8, 4) is 0 Å². The fraction of sp³-hybridized carbons (Fsp3) is 0.462. The van der Waals surface area contributed by atoms with Gasteiger partial charge in [0.2, 0.25) is 0 Å². The van der Waals surface area contributed by atoms with Crippen LogP contribution in [-0.4, -0.2) is 5.71 Å². The fourth-order valence-electron chi connectivity index (χ4n) is 1.43. The maximum absolute atomic E-state index is 4.66. The Balaban J connectivity index is 3.17. The van der Waals surface area contributed by atoms with E-state index in [2.05, 4.69) is 50.9 Å². The second-order valence-electron chi connectivity index (χ2n) is 3.64. The van der Waals surface area contributed by atoms with Crippen LogP contribution in [0.1, 0.15) is 38.3 Å². The molecule has 0 amide bonds. The molecule has 0 aliphatic carbocycles. The van der Waals surface area contributed by atoms with Crippen LogP contribution in [0.25, 0.3) is 0 Å². The molecule has 76 valence electrons. The summed E-state index contributed by atoms with van der Waals surface area (Å²) in [5.74, 6) is 0. The largest absolute Gasteiger partial charge is 0.258 e. The lowest BCUT2D eigenvalue weighted by Crippen LogP contribution is -1.90. The highest BCUT2D eigenvalue weighted by Crippen LogP contribution is 2.24. The Morgan fingerprint density at radius 2 is 2.00 bits per heavy atom. The molecule has 1 aromatic carbocycles. The predicted octanol–water partition coefficient (Wildman–Crippen LogP) is 4.06. The molecule has 14 heavy (non-hydrogen) atoms. The van der Waals surface area contributed by atoms with Gasteiger partial charge in [-0.1, -0.05) is 32.0 Å². The molecule has 0 aliphatic heterocycles. The van der Waals surface area contributed by atoms with Gasteiger partial charge in [-0.2, -0.15) is 0 Å². The number of para-hydroxylation sites is 1. The molecule has 0 N–H and O–H groups in total. The van der Waals surface area contributed by atoms with Gasteiger partial charge in [0.1, 0.15) is 0 Å². The first kappa shape index (κ1) is 11.0. The van der Waals surface area contributed by atoms with E-state index in [0.717, 1.165) is 12.8 Å². The lowest BCUT2D eigenvalue weighted by molar-refractivity contribution is 1.12. The van der Waals surface area contributed by atoms with Crippen molar-refractivity contribution in [1.82, 2.24) is 0 Å². The Morgan fingerprint density at radius 1 is 1.29 bits per heavy atom. The van der Waals surface area contributed by atoms with Crippen molar-refractivity contribution in [1.29, 1.82) is 0 Å². The van der Waals surface area contributed by atoms with Crippen molar-refractivity contribution < 1.29 is 0 Å². The quantitative estimate of drug-likeness (QED) is 0.636. The van der Waals surface area contributed by atoms with Crippen molar-refractivity contribution >= 4 is 11.4 Å². The van der Waals surface area contributed by atoms with E-state index in [1.165, 1.54) is 22.5 Å². The van der Waals surface area contributed by atoms with E-state index in [1.807, 2.05) is 0 Å². The molecule has 1 nitrogen and oxygen atoms in total. The summed E-state index contributed by atoms with van der Waals surface area (Å²) >= 11 is 0. The molecule has 0 fully saturated rings.